The number of benzene rings is 2. The van der Waals surface area contributed by atoms with Gasteiger partial charge < -0.3 is 25.3 Å². The number of rotatable bonds is 6. The topological polar surface area (TPSA) is 90.7 Å². The van der Waals surface area contributed by atoms with Gasteiger partial charge in [-0.05, 0) is 85.2 Å². The molecule has 1 fully saturated rings. The molecule has 0 spiro atoms. The number of aromatic nitrogens is 2. The zero-order valence-electron chi connectivity index (χ0n) is 26.3. The molecule has 2 aliphatic heterocycles. The van der Waals surface area contributed by atoms with Gasteiger partial charge in [0.1, 0.15) is 17.4 Å². The maximum atomic E-state index is 12.6. The lowest BCUT2D eigenvalue weighted by Crippen LogP contribution is -2.47. The van der Waals surface area contributed by atoms with Gasteiger partial charge in [0, 0.05) is 55.0 Å². The largest absolute Gasteiger partial charge is 0.471 e. The minimum absolute atomic E-state index is 0.109. The number of nitrogens with one attached hydrogen (secondary N) is 1. The molecule has 3 N–H and O–H groups in total. The summed E-state index contributed by atoms with van der Waals surface area (Å²) in [6.45, 7) is 12.1. The molecule has 4 aromatic rings. The summed E-state index contributed by atoms with van der Waals surface area (Å²) in [6, 6.07) is 18.4. The fourth-order valence-corrected chi connectivity index (χ4v) is 7.22. The molecule has 0 unspecified atom stereocenters. The highest BCUT2D eigenvalue weighted by Crippen LogP contribution is 2.44. The molecule has 0 radical (unpaired) electrons. The van der Waals surface area contributed by atoms with E-state index in [4.69, 9.17) is 27.1 Å². The molecule has 1 saturated heterocycles. The number of carbonyl (C=O) groups is 1. The summed E-state index contributed by atoms with van der Waals surface area (Å²) in [7, 11) is 0. The third-order valence-corrected chi connectivity index (χ3v) is 9.84. The normalized spacial score (nSPS) is 20.3. The van der Waals surface area contributed by atoms with Gasteiger partial charge in [-0.3, -0.25) is 9.69 Å². The van der Waals surface area contributed by atoms with Gasteiger partial charge in [0.2, 0.25) is 5.88 Å². The first-order valence-corrected chi connectivity index (χ1v) is 16.3. The number of H-pyrrole nitrogens is 1. The molecule has 7 rings (SSSR count). The number of pyridine rings is 1. The van der Waals surface area contributed by atoms with Crippen LogP contribution in [0.5, 0.6) is 5.88 Å². The highest BCUT2D eigenvalue weighted by molar-refractivity contribution is 6.30. The van der Waals surface area contributed by atoms with Crippen LogP contribution in [0.25, 0.3) is 16.6 Å². The fourth-order valence-electron chi connectivity index (χ4n) is 7.09. The van der Waals surface area contributed by atoms with E-state index in [9.17, 15) is 4.79 Å². The van der Waals surface area contributed by atoms with Gasteiger partial charge in [-0.25, -0.2) is 0 Å². The highest BCUT2D eigenvalue weighted by atomic mass is 35.5. The van der Waals surface area contributed by atoms with E-state index in [1.165, 1.54) is 17.6 Å². The molecular weight excluding hydrogens is 584 g/mol. The summed E-state index contributed by atoms with van der Waals surface area (Å²) in [5.41, 5.74) is 14.5. The second-order valence-corrected chi connectivity index (χ2v) is 14.0. The van der Waals surface area contributed by atoms with E-state index >= 15 is 0 Å². The monoisotopic (exact) mass is 624 g/mol. The highest BCUT2D eigenvalue weighted by Gasteiger charge is 2.31. The van der Waals surface area contributed by atoms with Crippen molar-refractivity contribution < 1.29 is 9.53 Å². The molecular formula is C36H41ClN6O2. The Morgan fingerprint density at radius 2 is 1.84 bits per heavy atom. The minimum Gasteiger partial charge on any atom is -0.471 e. The molecule has 1 amide bonds. The molecule has 45 heavy (non-hydrogen) atoms. The number of hydrogen-bond acceptors (Lipinski definition) is 6. The second kappa shape index (κ2) is 11.7. The maximum Gasteiger partial charge on any atom is 0.250 e. The number of halogens is 1. The SMILES string of the molecule is C[C@H]1CN(c2cc(N3CCN(CC4=C(c5ccc(Cl)cc5)CC(C)(C)CC4)CC3)ccc2C(N)=O)c2cc3cc[nH]c3nc2O1. The first kappa shape index (κ1) is 29.7. The number of fused-ring (bicyclic) bond motifs is 2. The van der Waals surface area contributed by atoms with Gasteiger partial charge in [-0.1, -0.05) is 43.2 Å². The number of nitrogens with two attached hydrogens (primary N) is 1. The minimum atomic E-state index is -0.446. The van der Waals surface area contributed by atoms with Gasteiger partial charge in [0.25, 0.3) is 5.91 Å². The van der Waals surface area contributed by atoms with Gasteiger partial charge in [0.15, 0.2) is 0 Å². The van der Waals surface area contributed by atoms with Crippen molar-refractivity contribution in [2.45, 2.75) is 46.1 Å². The molecule has 4 heterocycles. The molecule has 2 aromatic heterocycles. The number of piperazine rings is 1. The number of primary amides is 1. The van der Waals surface area contributed by atoms with Crippen LogP contribution in [0.15, 0.2) is 66.4 Å². The lowest BCUT2D eigenvalue weighted by atomic mass is 9.72. The van der Waals surface area contributed by atoms with Gasteiger partial charge in [-0.15, -0.1) is 0 Å². The number of carbonyl (C=O) groups excluding carboxylic acids is 1. The van der Waals surface area contributed by atoms with Crippen molar-refractivity contribution >= 4 is 51.2 Å². The standard InChI is InChI=1S/C36H41ClN6O2/c1-23-21-43(32-18-25-11-13-39-34(25)40-35(32)45-23)31-19-28(8-9-29(31)33(38)44)42-16-14-41(15-17-42)22-26-10-12-36(2,3)20-30(26)24-4-6-27(37)7-5-24/h4-9,11,13,18-19,23H,10,12,14-17,20-22H2,1-3H3,(H2,38,44)(H,39,40)/t23-/m0/s1. The lowest BCUT2D eigenvalue weighted by molar-refractivity contribution is 0.100. The molecule has 0 saturated carbocycles. The molecule has 8 nitrogen and oxygen atoms in total. The average Bonchev–Trinajstić information content (AvgIpc) is 3.48. The van der Waals surface area contributed by atoms with Crippen molar-refractivity contribution in [2.75, 3.05) is 49.1 Å². The van der Waals surface area contributed by atoms with Crippen molar-refractivity contribution in [3.8, 4) is 5.88 Å². The van der Waals surface area contributed by atoms with E-state index in [0.717, 1.165) is 78.7 Å². The molecule has 1 aliphatic carbocycles. The predicted molar refractivity (Wildman–Crippen MR) is 183 cm³/mol. The van der Waals surface area contributed by atoms with Crippen LogP contribution in [0, 0.1) is 5.41 Å². The number of ether oxygens (including phenoxy) is 1. The van der Waals surface area contributed by atoms with Crippen LogP contribution in [0.2, 0.25) is 5.02 Å². The van der Waals surface area contributed by atoms with Crippen LogP contribution in [-0.4, -0.2) is 66.1 Å². The van der Waals surface area contributed by atoms with Crippen LogP contribution in [-0.2, 0) is 0 Å². The van der Waals surface area contributed by atoms with Crippen molar-refractivity contribution in [1.82, 2.24) is 14.9 Å². The molecule has 9 heteroatoms. The maximum absolute atomic E-state index is 12.6. The Morgan fingerprint density at radius 1 is 1.07 bits per heavy atom. The third kappa shape index (κ3) is 6.01. The Labute approximate surface area is 269 Å². The van der Waals surface area contributed by atoms with Crippen LogP contribution in [0.4, 0.5) is 17.1 Å². The Morgan fingerprint density at radius 3 is 2.60 bits per heavy atom. The second-order valence-electron chi connectivity index (χ2n) is 13.5. The van der Waals surface area contributed by atoms with Crippen LogP contribution >= 0.6 is 11.6 Å². The number of anilines is 3. The lowest BCUT2D eigenvalue weighted by Gasteiger charge is -2.40. The van der Waals surface area contributed by atoms with Gasteiger partial charge in [-0.2, -0.15) is 4.98 Å². The summed E-state index contributed by atoms with van der Waals surface area (Å²) in [5.74, 6) is 0.106. The van der Waals surface area contributed by atoms with E-state index in [2.05, 4.69) is 57.8 Å². The number of nitrogens with zero attached hydrogens (tertiary/aromatic N) is 4. The number of amides is 1. The van der Waals surface area contributed by atoms with Gasteiger partial charge in [0.05, 0.1) is 17.8 Å². The number of allylic oxidation sites excluding steroid dienone is 1. The van der Waals surface area contributed by atoms with E-state index in [0.29, 0.717) is 23.4 Å². The van der Waals surface area contributed by atoms with E-state index in [1.54, 1.807) is 5.57 Å². The molecule has 0 bridgehead atoms. The van der Waals surface area contributed by atoms with E-state index in [1.807, 2.05) is 43.5 Å². The summed E-state index contributed by atoms with van der Waals surface area (Å²) in [5, 5.41) is 1.77. The van der Waals surface area contributed by atoms with E-state index in [-0.39, 0.29) is 6.10 Å². The van der Waals surface area contributed by atoms with Crippen LogP contribution in [0.3, 0.4) is 0 Å². The van der Waals surface area contributed by atoms with Crippen molar-refractivity contribution in [3.05, 3.63) is 82.5 Å². The van der Waals surface area contributed by atoms with Crippen LogP contribution in [0.1, 0.15) is 56.0 Å². The molecule has 1 atom stereocenters. The zero-order chi connectivity index (χ0) is 31.3. The Balaban J connectivity index is 1.12. The first-order valence-electron chi connectivity index (χ1n) is 15.9. The summed E-state index contributed by atoms with van der Waals surface area (Å²) < 4.78 is 6.12. The predicted octanol–water partition coefficient (Wildman–Crippen LogP) is 7.02. The molecule has 2 aromatic carbocycles. The van der Waals surface area contributed by atoms with E-state index < -0.39 is 5.91 Å². The fraction of sp³-hybridized carbons (Fsp3) is 0.389. The van der Waals surface area contributed by atoms with Crippen molar-refractivity contribution in [1.29, 1.82) is 0 Å². The Kier molecular flexibility index (Phi) is 7.74. The average molecular weight is 625 g/mol. The molecule has 234 valence electrons. The molecule has 3 aliphatic rings. The third-order valence-electron chi connectivity index (χ3n) is 9.59. The first-order chi connectivity index (χ1) is 21.6. The van der Waals surface area contributed by atoms with Gasteiger partial charge >= 0.3 is 0 Å². The summed E-state index contributed by atoms with van der Waals surface area (Å²) >= 11 is 6.22. The Bertz CT molecular complexity index is 1770. The Hall–Kier alpha value is -4.01. The summed E-state index contributed by atoms with van der Waals surface area (Å²) in [6.07, 6.45) is 5.20. The summed E-state index contributed by atoms with van der Waals surface area (Å²) in [4.78, 5) is 27.7. The smallest absolute Gasteiger partial charge is 0.250 e. The number of aromatic amines is 1. The number of hydrogen-bond donors (Lipinski definition) is 2. The van der Waals surface area contributed by atoms with Crippen molar-refractivity contribution in [3.63, 3.8) is 0 Å². The zero-order valence-corrected chi connectivity index (χ0v) is 27.0. The van der Waals surface area contributed by atoms with Crippen molar-refractivity contribution in [2.24, 2.45) is 11.1 Å². The van der Waals surface area contributed by atoms with Crippen LogP contribution < -0.4 is 20.3 Å². The quantitative estimate of drug-likeness (QED) is 0.240.